The van der Waals surface area contributed by atoms with E-state index in [1.165, 1.54) is 29.5 Å². The van der Waals surface area contributed by atoms with Gasteiger partial charge in [0.1, 0.15) is 0 Å². The maximum absolute atomic E-state index is 12.2. The van der Waals surface area contributed by atoms with E-state index in [4.69, 9.17) is 16.7 Å². The van der Waals surface area contributed by atoms with Crippen LogP contribution in [0.3, 0.4) is 0 Å². The molecule has 0 spiro atoms. The van der Waals surface area contributed by atoms with E-state index >= 15 is 0 Å². The first-order chi connectivity index (χ1) is 8.88. The average molecular weight is 317 g/mol. The standard InChI is InChI=1S/C12H9ClO4S2/c13-11-5-4-9(18-11)7-19(16,17)10-3-1-2-8(6-10)12(14)15/h1-6H,7H2,(H,14,15). The van der Waals surface area contributed by atoms with E-state index < -0.39 is 15.8 Å². The first kappa shape index (κ1) is 14.0. The van der Waals surface area contributed by atoms with Crippen molar-refractivity contribution in [2.75, 3.05) is 0 Å². The maximum Gasteiger partial charge on any atom is 0.335 e. The lowest BCUT2D eigenvalue weighted by molar-refractivity contribution is 0.0696. The van der Waals surface area contributed by atoms with Crippen molar-refractivity contribution in [3.63, 3.8) is 0 Å². The SMILES string of the molecule is O=C(O)c1cccc(S(=O)(=O)Cc2ccc(Cl)s2)c1. The Bertz CT molecular complexity index is 719. The first-order valence-electron chi connectivity index (χ1n) is 5.19. The highest BCUT2D eigenvalue weighted by Gasteiger charge is 2.18. The highest BCUT2D eigenvalue weighted by Crippen LogP contribution is 2.25. The van der Waals surface area contributed by atoms with Gasteiger partial charge in [-0.05, 0) is 30.3 Å². The van der Waals surface area contributed by atoms with Crippen LogP contribution in [0.25, 0.3) is 0 Å². The summed E-state index contributed by atoms with van der Waals surface area (Å²) in [7, 11) is -3.57. The van der Waals surface area contributed by atoms with Crippen molar-refractivity contribution in [3.05, 3.63) is 51.2 Å². The molecule has 100 valence electrons. The zero-order valence-electron chi connectivity index (χ0n) is 9.54. The quantitative estimate of drug-likeness (QED) is 0.941. The number of carboxylic acid groups (broad SMARTS) is 1. The molecule has 0 radical (unpaired) electrons. The van der Waals surface area contributed by atoms with Gasteiger partial charge in [0.2, 0.25) is 0 Å². The molecular weight excluding hydrogens is 308 g/mol. The molecule has 4 nitrogen and oxygen atoms in total. The van der Waals surface area contributed by atoms with Crippen LogP contribution in [0, 0.1) is 0 Å². The second kappa shape index (κ2) is 5.32. The second-order valence-electron chi connectivity index (χ2n) is 3.80. The van der Waals surface area contributed by atoms with Crippen molar-refractivity contribution in [1.29, 1.82) is 0 Å². The van der Waals surface area contributed by atoms with E-state index in [0.29, 0.717) is 9.21 Å². The first-order valence-corrected chi connectivity index (χ1v) is 8.03. The minimum atomic E-state index is -3.57. The average Bonchev–Trinajstić information content (AvgIpc) is 2.74. The van der Waals surface area contributed by atoms with Gasteiger partial charge in [-0.3, -0.25) is 0 Å². The Kier molecular flexibility index (Phi) is 3.93. The zero-order valence-corrected chi connectivity index (χ0v) is 11.9. The number of halogens is 1. The smallest absolute Gasteiger partial charge is 0.335 e. The van der Waals surface area contributed by atoms with Crippen LogP contribution in [-0.4, -0.2) is 19.5 Å². The van der Waals surface area contributed by atoms with E-state index in [9.17, 15) is 13.2 Å². The lowest BCUT2D eigenvalue weighted by Crippen LogP contribution is -2.06. The third kappa shape index (κ3) is 3.34. The molecule has 0 atom stereocenters. The fourth-order valence-electron chi connectivity index (χ4n) is 1.52. The summed E-state index contributed by atoms with van der Waals surface area (Å²) in [6, 6.07) is 8.58. The van der Waals surface area contributed by atoms with Gasteiger partial charge in [0, 0.05) is 4.88 Å². The number of carbonyl (C=O) groups is 1. The minimum Gasteiger partial charge on any atom is -0.478 e. The topological polar surface area (TPSA) is 71.4 Å². The number of hydrogen-bond donors (Lipinski definition) is 1. The number of carboxylic acids is 1. The Morgan fingerprint density at radius 3 is 2.58 bits per heavy atom. The Labute approximate surface area is 119 Å². The number of thiophene rings is 1. The molecule has 1 aromatic heterocycles. The Morgan fingerprint density at radius 1 is 1.26 bits per heavy atom. The molecule has 0 aliphatic heterocycles. The van der Waals surface area contributed by atoms with Crippen molar-refractivity contribution in [2.45, 2.75) is 10.6 Å². The highest BCUT2D eigenvalue weighted by molar-refractivity contribution is 7.90. The summed E-state index contributed by atoms with van der Waals surface area (Å²) in [6.07, 6.45) is 0. The van der Waals surface area contributed by atoms with Crippen LogP contribution in [0.2, 0.25) is 4.34 Å². The zero-order chi connectivity index (χ0) is 14.0. The molecule has 0 unspecified atom stereocenters. The van der Waals surface area contributed by atoms with Crippen molar-refractivity contribution >= 4 is 38.7 Å². The highest BCUT2D eigenvalue weighted by atomic mass is 35.5. The van der Waals surface area contributed by atoms with Gasteiger partial charge in [-0.15, -0.1) is 11.3 Å². The molecule has 19 heavy (non-hydrogen) atoms. The number of rotatable bonds is 4. The molecule has 0 saturated carbocycles. The van der Waals surface area contributed by atoms with E-state index in [1.54, 1.807) is 12.1 Å². The summed E-state index contributed by atoms with van der Waals surface area (Å²) in [5.74, 6) is -1.34. The third-order valence-corrected chi connectivity index (χ3v) is 5.48. The van der Waals surface area contributed by atoms with Gasteiger partial charge in [-0.25, -0.2) is 13.2 Å². The van der Waals surface area contributed by atoms with Crippen LogP contribution in [0.1, 0.15) is 15.2 Å². The Balaban J connectivity index is 2.34. The summed E-state index contributed by atoms with van der Waals surface area (Å²) in [4.78, 5) is 11.4. The molecule has 0 amide bonds. The molecule has 0 fully saturated rings. The summed E-state index contributed by atoms with van der Waals surface area (Å²) in [5.41, 5.74) is -0.0507. The molecule has 0 aliphatic rings. The maximum atomic E-state index is 12.2. The lowest BCUT2D eigenvalue weighted by Gasteiger charge is -2.04. The van der Waals surface area contributed by atoms with Crippen LogP contribution in [0.5, 0.6) is 0 Å². The van der Waals surface area contributed by atoms with Crippen LogP contribution in [0.15, 0.2) is 41.3 Å². The summed E-state index contributed by atoms with van der Waals surface area (Å²) in [6.45, 7) is 0. The monoisotopic (exact) mass is 316 g/mol. The fraction of sp³-hybridized carbons (Fsp3) is 0.0833. The molecule has 1 aromatic carbocycles. The van der Waals surface area contributed by atoms with E-state index in [0.717, 1.165) is 6.07 Å². The number of hydrogen-bond acceptors (Lipinski definition) is 4. The summed E-state index contributed by atoms with van der Waals surface area (Å²) < 4.78 is 24.8. The molecule has 0 saturated heterocycles. The third-order valence-electron chi connectivity index (χ3n) is 2.40. The van der Waals surface area contributed by atoms with Crippen molar-refractivity contribution in [3.8, 4) is 0 Å². The van der Waals surface area contributed by atoms with Crippen LogP contribution < -0.4 is 0 Å². The van der Waals surface area contributed by atoms with E-state index in [2.05, 4.69) is 0 Å². The predicted molar refractivity (Wildman–Crippen MR) is 73.6 cm³/mol. The molecule has 0 bridgehead atoms. The Hall–Kier alpha value is -1.37. The van der Waals surface area contributed by atoms with Crippen molar-refractivity contribution < 1.29 is 18.3 Å². The molecule has 1 heterocycles. The van der Waals surface area contributed by atoms with E-state index in [-0.39, 0.29) is 16.2 Å². The normalized spacial score (nSPS) is 11.4. The van der Waals surface area contributed by atoms with Crippen molar-refractivity contribution in [1.82, 2.24) is 0 Å². The molecule has 2 aromatic rings. The van der Waals surface area contributed by atoms with Gasteiger partial charge in [-0.1, -0.05) is 17.7 Å². The molecule has 0 aliphatic carbocycles. The van der Waals surface area contributed by atoms with Gasteiger partial charge in [0.15, 0.2) is 9.84 Å². The lowest BCUT2D eigenvalue weighted by atomic mass is 10.2. The molecule has 7 heteroatoms. The van der Waals surface area contributed by atoms with Gasteiger partial charge >= 0.3 is 5.97 Å². The van der Waals surface area contributed by atoms with Crippen LogP contribution in [0.4, 0.5) is 0 Å². The van der Waals surface area contributed by atoms with Crippen molar-refractivity contribution in [2.24, 2.45) is 0 Å². The fourth-order valence-corrected chi connectivity index (χ4v) is 4.34. The van der Waals surface area contributed by atoms with Gasteiger partial charge in [0.25, 0.3) is 0 Å². The number of benzene rings is 1. The largest absolute Gasteiger partial charge is 0.478 e. The number of sulfone groups is 1. The van der Waals surface area contributed by atoms with E-state index in [1.807, 2.05) is 0 Å². The molecule has 1 N–H and O–H groups in total. The number of aromatic carboxylic acids is 1. The summed E-state index contributed by atoms with van der Waals surface area (Å²) >= 11 is 6.94. The van der Waals surface area contributed by atoms with Gasteiger partial charge < -0.3 is 5.11 Å². The van der Waals surface area contributed by atoms with Crippen LogP contribution >= 0.6 is 22.9 Å². The van der Waals surface area contributed by atoms with Gasteiger partial charge in [0.05, 0.1) is 20.5 Å². The Morgan fingerprint density at radius 2 is 2.00 bits per heavy atom. The second-order valence-corrected chi connectivity index (χ2v) is 7.59. The minimum absolute atomic E-state index is 0.00285. The molecular formula is C12H9ClO4S2. The molecule has 2 rings (SSSR count). The summed E-state index contributed by atoms with van der Waals surface area (Å²) in [5, 5.41) is 8.86. The van der Waals surface area contributed by atoms with Crippen LogP contribution in [-0.2, 0) is 15.6 Å². The van der Waals surface area contributed by atoms with Gasteiger partial charge in [-0.2, -0.15) is 0 Å². The predicted octanol–water partition coefficient (Wildman–Crippen LogP) is 3.07.